The van der Waals surface area contributed by atoms with Gasteiger partial charge in [0.25, 0.3) is 0 Å². The number of aryl methyl sites for hydroxylation is 1. The molecule has 166 valence electrons. The normalized spacial score (nSPS) is 14.4. The molecule has 3 rings (SSSR count). The third-order valence-electron chi connectivity index (χ3n) is 5.39. The van der Waals surface area contributed by atoms with E-state index in [1.165, 1.54) is 0 Å². The molecule has 1 aromatic heterocycles. The Kier molecular flexibility index (Phi) is 10.3. The van der Waals surface area contributed by atoms with E-state index in [4.69, 9.17) is 16.6 Å². The van der Waals surface area contributed by atoms with Crippen LogP contribution in [0.3, 0.4) is 0 Å². The van der Waals surface area contributed by atoms with Gasteiger partial charge >= 0.3 is 0 Å². The van der Waals surface area contributed by atoms with Gasteiger partial charge in [-0.25, -0.2) is 4.99 Å². The van der Waals surface area contributed by atoms with Gasteiger partial charge in [0.15, 0.2) is 11.8 Å². The predicted octanol–water partition coefficient (Wildman–Crippen LogP) is 3.63. The summed E-state index contributed by atoms with van der Waals surface area (Å²) in [5.41, 5.74) is 1.14. The van der Waals surface area contributed by atoms with E-state index < -0.39 is 0 Å². The Morgan fingerprint density at radius 3 is 2.67 bits per heavy atom. The fourth-order valence-corrected chi connectivity index (χ4v) is 4.12. The SMILES string of the molecule is CCNC(=NCc1nnc2n1CCC2)NCC(c1ccccc1Cl)N(CC)CC.I. The van der Waals surface area contributed by atoms with Crippen LogP contribution < -0.4 is 10.6 Å². The summed E-state index contributed by atoms with van der Waals surface area (Å²) in [5.74, 6) is 2.79. The number of benzene rings is 1. The minimum absolute atomic E-state index is 0. The molecule has 30 heavy (non-hydrogen) atoms. The van der Waals surface area contributed by atoms with Crippen LogP contribution in [-0.4, -0.2) is 51.8 Å². The van der Waals surface area contributed by atoms with Crippen molar-refractivity contribution < 1.29 is 0 Å². The number of hydrogen-bond acceptors (Lipinski definition) is 4. The largest absolute Gasteiger partial charge is 0.357 e. The maximum Gasteiger partial charge on any atom is 0.191 e. The maximum atomic E-state index is 6.52. The molecule has 2 N–H and O–H groups in total. The first-order valence-electron chi connectivity index (χ1n) is 10.6. The quantitative estimate of drug-likeness (QED) is 0.286. The van der Waals surface area contributed by atoms with Crippen LogP contribution in [0.2, 0.25) is 5.02 Å². The molecule has 1 aliphatic rings. The lowest BCUT2D eigenvalue weighted by atomic mass is 10.0. The van der Waals surface area contributed by atoms with E-state index in [1.807, 2.05) is 18.2 Å². The van der Waals surface area contributed by atoms with Crippen molar-refractivity contribution in [2.75, 3.05) is 26.2 Å². The smallest absolute Gasteiger partial charge is 0.191 e. The number of aromatic nitrogens is 3. The molecule has 1 aliphatic heterocycles. The molecule has 2 aromatic rings. The van der Waals surface area contributed by atoms with E-state index >= 15 is 0 Å². The second kappa shape index (κ2) is 12.5. The highest BCUT2D eigenvalue weighted by atomic mass is 127. The van der Waals surface area contributed by atoms with Crippen LogP contribution in [0.1, 0.15) is 50.4 Å². The number of nitrogens with zero attached hydrogens (tertiary/aromatic N) is 5. The highest BCUT2D eigenvalue weighted by molar-refractivity contribution is 14.0. The van der Waals surface area contributed by atoms with Crippen LogP contribution in [0, 0.1) is 0 Å². The third kappa shape index (κ3) is 6.07. The number of nitrogens with one attached hydrogen (secondary N) is 2. The standard InChI is InChI=1S/C21H32ClN7.HI/c1-4-23-21(25-15-20-27-26-19-12-9-13-29(19)20)24-14-18(28(5-2)6-3)16-10-7-8-11-17(16)22;/h7-8,10-11,18H,4-6,9,12-15H2,1-3H3,(H2,23,24,25);1H. The Bertz CT molecular complexity index is 819. The van der Waals surface area contributed by atoms with Gasteiger partial charge in [-0.3, -0.25) is 4.90 Å². The van der Waals surface area contributed by atoms with Gasteiger partial charge in [-0.15, -0.1) is 34.2 Å². The summed E-state index contributed by atoms with van der Waals surface area (Å²) < 4.78 is 2.19. The summed E-state index contributed by atoms with van der Waals surface area (Å²) in [6.07, 6.45) is 2.15. The topological polar surface area (TPSA) is 70.4 Å². The van der Waals surface area contributed by atoms with Crippen molar-refractivity contribution in [3.8, 4) is 0 Å². The summed E-state index contributed by atoms with van der Waals surface area (Å²) in [4.78, 5) is 7.16. The molecule has 0 saturated heterocycles. The third-order valence-corrected chi connectivity index (χ3v) is 5.73. The van der Waals surface area contributed by atoms with E-state index in [0.29, 0.717) is 6.54 Å². The fourth-order valence-electron chi connectivity index (χ4n) is 3.86. The first-order valence-corrected chi connectivity index (χ1v) is 11.0. The second-order valence-electron chi connectivity index (χ2n) is 7.12. The lowest BCUT2D eigenvalue weighted by Gasteiger charge is -2.31. The van der Waals surface area contributed by atoms with Crippen LogP contribution in [0.4, 0.5) is 0 Å². The lowest BCUT2D eigenvalue weighted by molar-refractivity contribution is 0.219. The Morgan fingerprint density at radius 2 is 1.97 bits per heavy atom. The van der Waals surface area contributed by atoms with E-state index in [1.54, 1.807) is 0 Å². The van der Waals surface area contributed by atoms with E-state index in [0.717, 1.165) is 73.8 Å². The summed E-state index contributed by atoms with van der Waals surface area (Å²) in [6, 6.07) is 8.25. The molecule has 2 heterocycles. The van der Waals surface area contributed by atoms with Crippen LogP contribution in [0.5, 0.6) is 0 Å². The van der Waals surface area contributed by atoms with Crippen LogP contribution in [0.15, 0.2) is 29.3 Å². The molecule has 1 atom stereocenters. The first kappa shape index (κ1) is 24.9. The van der Waals surface area contributed by atoms with Crippen molar-refractivity contribution in [1.29, 1.82) is 0 Å². The zero-order chi connectivity index (χ0) is 20.6. The summed E-state index contributed by atoms with van der Waals surface area (Å²) in [6.45, 7) is 11.4. The molecule has 0 aliphatic carbocycles. The van der Waals surface area contributed by atoms with Gasteiger partial charge in [-0.1, -0.05) is 43.6 Å². The lowest BCUT2D eigenvalue weighted by Crippen LogP contribution is -2.43. The van der Waals surface area contributed by atoms with Crippen LogP contribution in [-0.2, 0) is 19.5 Å². The first-order chi connectivity index (χ1) is 14.2. The van der Waals surface area contributed by atoms with Gasteiger partial charge in [-0.05, 0) is 38.1 Å². The summed E-state index contributed by atoms with van der Waals surface area (Å²) in [5, 5.41) is 16.2. The number of guanidine groups is 1. The molecule has 1 unspecified atom stereocenters. The Labute approximate surface area is 201 Å². The molecule has 0 amide bonds. The highest BCUT2D eigenvalue weighted by Gasteiger charge is 2.21. The zero-order valence-electron chi connectivity index (χ0n) is 18.1. The molecule has 1 aromatic carbocycles. The predicted molar refractivity (Wildman–Crippen MR) is 134 cm³/mol. The molecule has 9 heteroatoms. The van der Waals surface area contributed by atoms with E-state index in [2.05, 4.69) is 57.1 Å². The summed E-state index contributed by atoms with van der Waals surface area (Å²) >= 11 is 6.52. The number of halogens is 2. The van der Waals surface area contributed by atoms with Crippen molar-refractivity contribution in [3.05, 3.63) is 46.5 Å². The molecule has 7 nitrogen and oxygen atoms in total. The monoisotopic (exact) mass is 545 g/mol. The maximum absolute atomic E-state index is 6.52. The van der Waals surface area contributed by atoms with Gasteiger partial charge < -0.3 is 15.2 Å². The van der Waals surface area contributed by atoms with Gasteiger partial charge in [0.2, 0.25) is 0 Å². The minimum atomic E-state index is 0. The molecule has 0 radical (unpaired) electrons. The Balaban J connectivity index is 0.00000320. The van der Waals surface area contributed by atoms with Crippen molar-refractivity contribution in [2.24, 2.45) is 4.99 Å². The van der Waals surface area contributed by atoms with Crippen LogP contribution >= 0.6 is 35.6 Å². The Hall–Kier alpha value is -1.39. The van der Waals surface area contributed by atoms with Crippen molar-refractivity contribution in [3.63, 3.8) is 0 Å². The zero-order valence-corrected chi connectivity index (χ0v) is 21.2. The van der Waals surface area contributed by atoms with E-state index in [-0.39, 0.29) is 30.0 Å². The minimum Gasteiger partial charge on any atom is -0.357 e. The molecule has 0 saturated carbocycles. The second-order valence-corrected chi connectivity index (χ2v) is 7.53. The van der Waals surface area contributed by atoms with Crippen molar-refractivity contribution >= 4 is 41.5 Å². The van der Waals surface area contributed by atoms with E-state index in [9.17, 15) is 0 Å². The van der Waals surface area contributed by atoms with Gasteiger partial charge in [-0.2, -0.15) is 0 Å². The van der Waals surface area contributed by atoms with Gasteiger partial charge in [0.1, 0.15) is 12.4 Å². The molecule has 0 fully saturated rings. The number of rotatable bonds is 9. The van der Waals surface area contributed by atoms with Gasteiger partial charge in [0, 0.05) is 31.1 Å². The summed E-state index contributed by atoms with van der Waals surface area (Å²) in [7, 11) is 0. The average molecular weight is 546 g/mol. The van der Waals surface area contributed by atoms with Gasteiger partial charge in [0.05, 0.1) is 6.04 Å². The number of aliphatic imine (C=N–C) groups is 1. The molecule has 0 spiro atoms. The molecular weight excluding hydrogens is 513 g/mol. The average Bonchev–Trinajstić information content (AvgIpc) is 3.34. The van der Waals surface area contributed by atoms with Crippen molar-refractivity contribution in [1.82, 2.24) is 30.3 Å². The van der Waals surface area contributed by atoms with Crippen LogP contribution in [0.25, 0.3) is 0 Å². The number of likely N-dealkylation sites (N-methyl/N-ethyl adjacent to an activating group) is 1. The molecular formula is C21H33ClIN7. The number of hydrogen-bond donors (Lipinski definition) is 2. The highest BCUT2D eigenvalue weighted by Crippen LogP contribution is 2.27. The molecule has 0 bridgehead atoms. The number of fused-ring (bicyclic) bond motifs is 1. The van der Waals surface area contributed by atoms with Crippen molar-refractivity contribution in [2.45, 2.75) is 52.7 Å². The fraction of sp³-hybridized carbons (Fsp3) is 0.571. The Morgan fingerprint density at radius 1 is 1.20 bits per heavy atom.